The van der Waals surface area contributed by atoms with Gasteiger partial charge in [0.15, 0.2) is 0 Å². The molecule has 1 heterocycles. The molecular weight excluding hydrogens is 320 g/mol. The molecule has 0 fully saturated rings. The normalized spacial score (nSPS) is 11.2. The molecule has 0 saturated heterocycles. The van der Waals surface area contributed by atoms with Crippen LogP contribution >= 0.6 is 15.9 Å². The molecule has 94 valence electrons. The number of aromatic hydroxyl groups is 1. The van der Waals surface area contributed by atoms with Crippen molar-refractivity contribution in [2.45, 2.75) is 4.90 Å². The molecular formula is C11H9BrN2O3S. The average Bonchev–Trinajstić information content (AvgIpc) is 2.28. The van der Waals surface area contributed by atoms with Crippen LogP contribution in [-0.2, 0) is 10.0 Å². The summed E-state index contributed by atoms with van der Waals surface area (Å²) in [7, 11) is -3.72. The molecule has 0 unspecified atom stereocenters. The van der Waals surface area contributed by atoms with Crippen molar-refractivity contribution in [1.82, 2.24) is 4.98 Å². The van der Waals surface area contributed by atoms with E-state index in [9.17, 15) is 13.5 Å². The Hall–Kier alpha value is -1.60. The zero-order valence-corrected chi connectivity index (χ0v) is 11.4. The molecule has 5 nitrogen and oxygen atoms in total. The van der Waals surface area contributed by atoms with Crippen LogP contribution in [0.5, 0.6) is 5.75 Å². The smallest absolute Gasteiger partial charge is 0.262 e. The van der Waals surface area contributed by atoms with Gasteiger partial charge in [0, 0.05) is 16.7 Å². The van der Waals surface area contributed by atoms with Gasteiger partial charge in [-0.2, -0.15) is 0 Å². The van der Waals surface area contributed by atoms with Gasteiger partial charge in [-0.25, -0.2) is 8.42 Å². The maximum atomic E-state index is 12.0. The highest BCUT2D eigenvalue weighted by Gasteiger charge is 2.14. The topological polar surface area (TPSA) is 79.3 Å². The minimum atomic E-state index is -3.72. The van der Waals surface area contributed by atoms with E-state index in [2.05, 4.69) is 25.6 Å². The van der Waals surface area contributed by atoms with Gasteiger partial charge in [-0.05, 0) is 34.1 Å². The number of phenols is 1. The first-order valence-corrected chi connectivity index (χ1v) is 7.17. The van der Waals surface area contributed by atoms with E-state index in [-0.39, 0.29) is 10.6 Å². The highest BCUT2D eigenvalue weighted by molar-refractivity contribution is 9.10. The second-order valence-electron chi connectivity index (χ2n) is 3.49. The summed E-state index contributed by atoms with van der Waals surface area (Å²) in [6.07, 6.45) is 2.94. The van der Waals surface area contributed by atoms with E-state index in [1.54, 1.807) is 12.3 Å². The zero-order chi connectivity index (χ0) is 13.2. The summed E-state index contributed by atoms with van der Waals surface area (Å²) in [6, 6.07) is 7.03. The minimum Gasteiger partial charge on any atom is -0.508 e. The number of nitrogens with zero attached hydrogens (tertiary/aromatic N) is 1. The number of pyridine rings is 1. The lowest BCUT2D eigenvalue weighted by atomic mass is 10.3. The third-order valence-corrected chi connectivity index (χ3v) is 3.90. The van der Waals surface area contributed by atoms with E-state index in [1.807, 2.05) is 0 Å². The average molecular weight is 329 g/mol. The summed E-state index contributed by atoms with van der Waals surface area (Å²) in [5.74, 6) is -0.106. The van der Waals surface area contributed by atoms with Gasteiger partial charge < -0.3 is 5.11 Å². The molecule has 0 spiro atoms. The van der Waals surface area contributed by atoms with Crippen molar-refractivity contribution in [2.75, 3.05) is 4.72 Å². The molecule has 0 aliphatic heterocycles. The Morgan fingerprint density at radius 3 is 2.67 bits per heavy atom. The molecule has 7 heteroatoms. The molecule has 1 aromatic carbocycles. The first-order chi connectivity index (χ1) is 8.47. The Bertz CT molecular complexity index is 673. The van der Waals surface area contributed by atoms with Gasteiger partial charge in [0.1, 0.15) is 5.75 Å². The summed E-state index contributed by atoms with van der Waals surface area (Å²) < 4.78 is 27.0. The maximum Gasteiger partial charge on any atom is 0.262 e. The highest BCUT2D eigenvalue weighted by Crippen LogP contribution is 2.20. The number of hydrogen-bond donors (Lipinski definition) is 2. The second-order valence-corrected chi connectivity index (χ2v) is 6.09. The van der Waals surface area contributed by atoms with Crippen LogP contribution in [0.1, 0.15) is 0 Å². The fourth-order valence-electron chi connectivity index (χ4n) is 1.33. The number of halogens is 1. The van der Waals surface area contributed by atoms with Crippen molar-refractivity contribution >= 4 is 31.6 Å². The largest absolute Gasteiger partial charge is 0.508 e. The van der Waals surface area contributed by atoms with Crippen molar-refractivity contribution in [3.05, 3.63) is 47.2 Å². The van der Waals surface area contributed by atoms with Gasteiger partial charge in [0.25, 0.3) is 10.0 Å². The van der Waals surface area contributed by atoms with Crippen LogP contribution in [-0.4, -0.2) is 18.5 Å². The summed E-state index contributed by atoms with van der Waals surface area (Å²) >= 11 is 3.20. The Morgan fingerprint density at radius 1 is 1.22 bits per heavy atom. The van der Waals surface area contributed by atoms with Gasteiger partial charge in [0.2, 0.25) is 0 Å². The van der Waals surface area contributed by atoms with Gasteiger partial charge in [0.05, 0.1) is 16.8 Å². The van der Waals surface area contributed by atoms with Crippen LogP contribution in [0.25, 0.3) is 0 Å². The number of aromatic nitrogens is 1. The summed E-state index contributed by atoms with van der Waals surface area (Å²) in [4.78, 5) is 3.84. The molecule has 0 aliphatic rings. The quantitative estimate of drug-likeness (QED) is 0.906. The predicted molar refractivity (Wildman–Crippen MR) is 70.9 cm³/mol. The fourth-order valence-corrected chi connectivity index (χ4v) is 2.77. The Kier molecular flexibility index (Phi) is 3.53. The molecule has 18 heavy (non-hydrogen) atoms. The fraction of sp³-hybridized carbons (Fsp3) is 0. The first kappa shape index (κ1) is 12.8. The number of hydrogen-bond acceptors (Lipinski definition) is 4. The number of nitrogens with one attached hydrogen (secondary N) is 1. The Labute approximate surface area is 113 Å². The second kappa shape index (κ2) is 4.95. The number of sulfonamides is 1. The summed E-state index contributed by atoms with van der Waals surface area (Å²) in [5, 5.41) is 9.27. The van der Waals surface area contributed by atoms with Crippen molar-refractivity contribution in [3.8, 4) is 5.75 Å². The minimum absolute atomic E-state index is 0.0116. The van der Waals surface area contributed by atoms with Crippen LogP contribution in [0.3, 0.4) is 0 Å². The molecule has 1 aromatic heterocycles. The van der Waals surface area contributed by atoms with Crippen LogP contribution in [0.2, 0.25) is 0 Å². The number of phenolic OH excluding ortho intramolecular Hbond substituents is 1. The van der Waals surface area contributed by atoms with Gasteiger partial charge in [-0.1, -0.05) is 6.07 Å². The third kappa shape index (κ3) is 2.99. The molecule has 2 aromatic rings. The van der Waals surface area contributed by atoms with Gasteiger partial charge >= 0.3 is 0 Å². The van der Waals surface area contributed by atoms with Gasteiger partial charge in [-0.15, -0.1) is 0 Å². The van der Waals surface area contributed by atoms with Crippen molar-refractivity contribution in [2.24, 2.45) is 0 Å². The lowest BCUT2D eigenvalue weighted by molar-refractivity contribution is 0.473. The van der Waals surface area contributed by atoms with Crippen LogP contribution in [0.15, 0.2) is 52.1 Å². The molecule has 0 aliphatic carbocycles. The lowest BCUT2D eigenvalue weighted by Gasteiger charge is -2.08. The van der Waals surface area contributed by atoms with E-state index in [0.29, 0.717) is 10.2 Å². The molecule has 0 amide bonds. The van der Waals surface area contributed by atoms with Crippen LogP contribution < -0.4 is 4.72 Å². The standard InChI is InChI=1S/C11H9BrN2O3S/c12-8-4-9(7-13-6-8)14-18(16,17)11-3-1-2-10(15)5-11/h1-7,14-15H. The van der Waals surface area contributed by atoms with Crippen LogP contribution in [0, 0.1) is 0 Å². The SMILES string of the molecule is O=S(=O)(Nc1cncc(Br)c1)c1cccc(O)c1. The Morgan fingerprint density at radius 2 is 2.00 bits per heavy atom. The lowest BCUT2D eigenvalue weighted by Crippen LogP contribution is -2.12. The maximum absolute atomic E-state index is 12.0. The van der Waals surface area contributed by atoms with Crippen molar-refractivity contribution < 1.29 is 13.5 Å². The number of rotatable bonds is 3. The summed E-state index contributed by atoms with van der Waals surface area (Å²) in [5.41, 5.74) is 0.340. The number of benzene rings is 1. The van der Waals surface area contributed by atoms with Gasteiger partial charge in [-0.3, -0.25) is 9.71 Å². The number of anilines is 1. The monoisotopic (exact) mass is 328 g/mol. The van der Waals surface area contributed by atoms with E-state index in [4.69, 9.17) is 0 Å². The summed E-state index contributed by atoms with van der Waals surface area (Å²) in [6.45, 7) is 0. The van der Waals surface area contributed by atoms with E-state index < -0.39 is 10.0 Å². The zero-order valence-electron chi connectivity index (χ0n) is 9.04. The molecule has 2 rings (SSSR count). The van der Waals surface area contributed by atoms with E-state index in [1.165, 1.54) is 30.5 Å². The molecule has 0 radical (unpaired) electrons. The van der Waals surface area contributed by atoms with E-state index in [0.717, 1.165) is 0 Å². The first-order valence-electron chi connectivity index (χ1n) is 4.90. The van der Waals surface area contributed by atoms with Crippen LogP contribution in [0.4, 0.5) is 5.69 Å². The third-order valence-electron chi connectivity index (χ3n) is 2.09. The molecule has 0 atom stereocenters. The van der Waals surface area contributed by atoms with Crippen molar-refractivity contribution in [1.29, 1.82) is 0 Å². The van der Waals surface area contributed by atoms with Crippen molar-refractivity contribution in [3.63, 3.8) is 0 Å². The molecule has 2 N–H and O–H groups in total. The molecule has 0 bridgehead atoms. The predicted octanol–water partition coefficient (Wildman–Crippen LogP) is 2.35. The highest BCUT2D eigenvalue weighted by atomic mass is 79.9. The Balaban J connectivity index is 2.33. The van der Waals surface area contributed by atoms with E-state index >= 15 is 0 Å². The molecule has 0 saturated carbocycles.